The van der Waals surface area contributed by atoms with Crippen molar-refractivity contribution in [3.05, 3.63) is 41.5 Å². The van der Waals surface area contributed by atoms with Gasteiger partial charge in [0.1, 0.15) is 11.3 Å². The number of alkyl halides is 3. The molecule has 2 unspecified atom stereocenters. The van der Waals surface area contributed by atoms with Crippen LogP contribution < -0.4 is 4.74 Å². The molecule has 2 aromatic rings. The first-order chi connectivity index (χ1) is 17.2. The predicted octanol–water partition coefficient (Wildman–Crippen LogP) is 7.08. The van der Waals surface area contributed by atoms with E-state index in [0.717, 1.165) is 63.5 Å². The molecule has 0 radical (unpaired) electrons. The number of halogens is 3. The lowest BCUT2D eigenvalue weighted by atomic mass is 9.86. The van der Waals surface area contributed by atoms with Crippen molar-refractivity contribution < 1.29 is 27.8 Å². The summed E-state index contributed by atoms with van der Waals surface area (Å²) in [6.45, 7) is 2.97. The summed E-state index contributed by atoms with van der Waals surface area (Å²) in [4.78, 5) is 13.9. The molecule has 0 spiro atoms. The number of rotatable bonds is 7. The molecule has 7 heteroatoms. The van der Waals surface area contributed by atoms with Crippen LogP contribution in [0.25, 0.3) is 10.8 Å². The molecule has 0 amide bonds. The topological polar surface area (TPSA) is 49.8 Å². The van der Waals surface area contributed by atoms with E-state index in [0.29, 0.717) is 36.2 Å². The Kier molecular flexibility index (Phi) is 7.21. The molecule has 3 fully saturated rings. The molecule has 196 valence electrons. The van der Waals surface area contributed by atoms with Crippen LogP contribution >= 0.6 is 0 Å². The number of fused-ring (bicyclic) bond motifs is 3. The minimum atomic E-state index is -4.50. The molecule has 2 bridgehead atoms. The fourth-order valence-corrected chi connectivity index (χ4v) is 6.84. The maximum Gasteiger partial charge on any atom is 0.420 e. The van der Waals surface area contributed by atoms with Crippen molar-refractivity contribution in [3.63, 3.8) is 0 Å². The third kappa shape index (κ3) is 5.22. The second-order valence-corrected chi connectivity index (χ2v) is 11.0. The Morgan fingerprint density at radius 3 is 2.33 bits per heavy atom. The Bertz CT molecular complexity index is 1080. The molecule has 1 aliphatic carbocycles. The number of ether oxygens (including phenoxy) is 1. The number of aliphatic carboxylic acids is 1. The monoisotopic (exact) mass is 503 g/mol. The molecule has 2 heterocycles. The molecular weight excluding hydrogens is 467 g/mol. The van der Waals surface area contributed by atoms with Gasteiger partial charge < -0.3 is 9.84 Å². The van der Waals surface area contributed by atoms with Crippen LogP contribution in [0.3, 0.4) is 0 Å². The van der Waals surface area contributed by atoms with E-state index < -0.39 is 17.7 Å². The summed E-state index contributed by atoms with van der Waals surface area (Å²) in [5, 5.41) is 10.2. The lowest BCUT2D eigenvalue weighted by Crippen LogP contribution is -2.45. The fourth-order valence-electron chi connectivity index (χ4n) is 6.84. The van der Waals surface area contributed by atoms with E-state index in [9.17, 15) is 23.1 Å². The Hall–Kier alpha value is -2.28. The van der Waals surface area contributed by atoms with Crippen molar-refractivity contribution in [2.75, 3.05) is 6.54 Å². The van der Waals surface area contributed by atoms with Crippen molar-refractivity contribution in [2.45, 2.75) is 95.5 Å². The van der Waals surface area contributed by atoms with Gasteiger partial charge in [0.05, 0.1) is 12.0 Å². The number of carbonyl (C=O) groups is 1. The normalized spacial score (nSPS) is 28.9. The summed E-state index contributed by atoms with van der Waals surface area (Å²) in [5.74, 6) is -0.349. The zero-order valence-electron chi connectivity index (χ0n) is 20.9. The summed E-state index contributed by atoms with van der Waals surface area (Å²) in [7, 11) is 0. The minimum absolute atomic E-state index is 0.0550. The van der Waals surface area contributed by atoms with Crippen LogP contribution in [0.2, 0.25) is 0 Å². The Labute approximate surface area is 210 Å². The van der Waals surface area contributed by atoms with Crippen molar-refractivity contribution in [1.82, 2.24) is 4.90 Å². The summed E-state index contributed by atoms with van der Waals surface area (Å²) in [6.07, 6.45) is 4.27. The highest BCUT2D eigenvalue weighted by Crippen LogP contribution is 2.43. The number of carboxylic acids is 1. The minimum Gasteiger partial charge on any atom is -0.490 e. The van der Waals surface area contributed by atoms with E-state index in [2.05, 4.69) is 11.8 Å². The van der Waals surface area contributed by atoms with Gasteiger partial charge in [-0.3, -0.25) is 9.69 Å². The zero-order valence-corrected chi connectivity index (χ0v) is 20.9. The van der Waals surface area contributed by atoms with Gasteiger partial charge in [0.15, 0.2) is 0 Å². The van der Waals surface area contributed by atoms with Crippen molar-refractivity contribution in [3.8, 4) is 5.75 Å². The molecule has 1 saturated carbocycles. The lowest BCUT2D eigenvalue weighted by molar-refractivity contribution is -0.144. The lowest BCUT2D eigenvalue weighted by Gasteiger charge is -2.37. The average molecular weight is 504 g/mol. The second kappa shape index (κ2) is 10.2. The smallest absolute Gasteiger partial charge is 0.420 e. The maximum absolute atomic E-state index is 14.2. The van der Waals surface area contributed by atoms with Gasteiger partial charge in [0.25, 0.3) is 0 Å². The molecule has 3 atom stereocenters. The summed E-state index contributed by atoms with van der Waals surface area (Å²) >= 11 is 0. The summed E-state index contributed by atoms with van der Waals surface area (Å²) in [5.41, 5.74) is 0.333. The zero-order chi connectivity index (χ0) is 25.4. The van der Waals surface area contributed by atoms with E-state index in [-0.39, 0.29) is 23.2 Å². The first kappa shape index (κ1) is 25.4. The second-order valence-electron chi connectivity index (χ2n) is 11.0. The molecule has 1 N–H and O–H groups in total. The van der Waals surface area contributed by atoms with Gasteiger partial charge in [0, 0.05) is 18.6 Å². The van der Waals surface area contributed by atoms with E-state index in [4.69, 9.17) is 4.74 Å². The number of nitrogens with zero attached hydrogens (tertiary/aromatic N) is 1. The van der Waals surface area contributed by atoms with Crippen LogP contribution in [-0.4, -0.2) is 40.7 Å². The SMILES string of the molecule is CCC1CCC(Oc2ccc3cc(CCN4C5CC[C@@H]4CC(C(=O)O)C5)ccc3c2C(F)(F)F)CC1. The highest BCUT2D eigenvalue weighted by atomic mass is 19.4. The Morgan fingerprint density at radius 2 is 1.72 bits per heavy atom. The van der Waals surface area contributed by atoms with Gasteiger partial charge in [-0.05, 0) is 86.1 Å². The van der Waals surface area contributed by atoms with E-state index in [1.165, 1.54) is 6.07 Å². The van der Waals surface area contributed by atoms with Crippen LogP contribution in [0, 0.1) is 11.8 Å². The van der Waals surface area contributed by atoms with Crippen LogP contribution in [-0.2, 0) is 17.4 Å². The van der Waals surface area contributed by atoms with Crippen molar-refractivity contribution in [2.24, 2.45) is 11.8 Å². The van der Waals surface area contributed by atoms with Crippen molar-refractivity contribution in [1.29, 1.82) is 0 Å². The van der Waals surface area contributed by atoms with E-state index in [1.54, 1.807) is 18.2 Å². The highest BCUT2D eigenvalue weighted by Gasteiger charge is 2.42. The molecule has 3 aliphatic rings. The highest BCUT2D eigenvalue weighted by molar-refractivity contribution is 5.89. The number of piperidine rings is 1. The number of hydrogen-bond acceptors (Lipinski definition) is 3. The third-order valence-electron chi connectivity index (χ3n) is 8.89. The van der Waals surface area contributed by atoms with Gasteiger partial charge in [-0.1, -0.05) is 37.6 Å². The predicted molar refractivity (Wildman–Crippen MR) is 133 cm³/mol. The molecule has 4 nitrogen and oxygen atoms in total. The van der Waals surface area contributed by atoms with Gasteiger partial charge in [-0.25, -0.2) is 0 Å². The molecule has 2 aromatic carbocycles. The third-order valence-corrected chi connectivity index (χ3v) is 8.89. The van der Waals surface area contributed by atoms with E-state index >= 15 is 0 Å². The largest absolute Gasteiger partial charge is 0.490 e. The van der Waals surface area contributed by atoms with Gasteiger partial charge in [-0.15, -0.1) is 0 Å². The Morgan fingerprint density at radius 1 is 1.03 bits per heavy atom. The number of benzene rings is 2. The van der Waals surface area contributed by atoms with Crippen LogP contribution in [0.1, 0.15) is 75.8 Å². The average Bonchev–Trinajstić information content (AvgIpc) is 3.08. The molecule has 36 heavy (non-hydrogen) atoms. The van der Waals surface area contributed by atoms with Gasteiger partial charge in [0.2, 0.25) is 0 Å². The van der Waals surface area contributed by atoms with Crippen LogP contribution in [0.15, 0.2) is 30.3 Å². The molecule has 0 aromatic heterocycles. The fraction of sp³-hybridized carbons (Fsp3) is 0.621. The Balaban J connectivity index is 1.31. The molecule has 5 rings (SSSR count). The first-order valence-corrected chi connectivity index (χ1v) is 13.5. The maximum atomic E-state index is 14.2. The van der Waals surface area contributed by atoms with Gasteiger partial charge >= 0.3 is 12.1 Å². The first-order valence-electron chi connectivity index (χ1n) is 13.5. The molecule has 2 saturated heterocycles. The van der Waals surface area contributed by atoms with Crippen molar-refractivity contribution >= 4 is 16.7 Å². The van der Waals surface area contributed by atoms with Gasteiger partial charge in [-0.2, -0.15) is 13.2 Å². The number of carboxylic acid groups (broad SMARTS) is 1. The van der Waals surface area contributed by atoms with E-state index in [1.807, 2.05) is 6.07 Å². The standard InChI is InChI=1S/C29H36F3NO3/c1-2-18-3-9-24(10-4-18)36-26-12-6-20-15-19(5-11-25(20)27(26)29(30,31)32)13-14-33-22-7-8-23(33)17-21(16-22)28(34)35/h5-6,11-12,15,18,21-24H,2-4,7-10,13-14,16-17H2,1H3,(H,34,35)/t18?,21?,22-,23?,24?/m1/s1. The quantitative estimate of drug-likeness (QED) is 0.439. The summed E-state index contributed by atoms with van der Waals surface area (Å²) < 4.78 is 48.5. The van der Waals surface area contributed by atoms with Crippen LogP contribution in [0.4, 0.5) is 13.2 Å². The molecular formula is C29H36F3NO3. The van der Waals surface area contributed by atoms with Crippen LogP contribution in [0.5, 0.6) is 5.75 Å². The summed E-state index contributed by atoms with van der Waals surface area (Å²) in [6, 6.07) is 9.12. The molecule has 2 aliphatic heterocycles. The number of hydrogen-bond donors (Lipinski definition) is 1.